The number of ether oxygens (including phenoxy) is 2. The second-order valence-corrected chi connectivity index (χ2v) is 12.9. The molecule has 0 radical (unpaired) electrons. The molecular formula is C30H44N6O5S. The number of carbonyl (C=O) groups is 2. The van der Waals surface area contributed by atoms with Crippen molar-refractivity contribution in [1.82, 2.24) is 25.4 Å². The van der Waals surface area contributed by atoms with Gasteiger partial charge in [0.2, 0.25) is 5.91 Å². The van der Waals surface area contributed by atoms with Crippen LogP contribution in [0.15, 0.2) is 29.8 Å². The van der Waals surface area contributed by atoms with Crippen molar-refractivity contribution >= 4 is 29.0 Å². The minimum atomic E-state index is -0.754. The van der Waals surface area contributed by atoms with E-state index in [0.717, 1.165) is 28.2 Å². The van der Waals surface area contributed by atoms with Crippen molar-refractivity contribution in [3.8, 4) is 10.4 Å². The summed E-state index contributed by atoms with van der Waals surface area (Å²) in [4.78, 5) is 35.8. The lowest BCUT2D eigenvalue weighted by atomic mass is 9.85. The Balaban J connectivity index is 1.39. The first-order valence-electron chi connectivity index (χ1n) is 14.4. The largest absolute Gasteiger partial charge is 0.391 e. The number of hydrogen-bond acceptors (Lipinski definition) is 9. The fourth-order valence-electron chi connectivity index (χ4n) is 5.37. The van der Waals surface area contributed by atoms with Crippen molar-refractivity contribution in [3.63, 3.8) is 0 Å². The van der Waals surface area contributed by atoms with Crippen LogP contribution in [0.4, 0.5) is 0 Å². The predicted molar refractivity (Wildman–Crippen MR) is 162 cm³/mol. The number of thiazole rings is 1. The number of aliphatic hydroxyl groups excluding tert-OH is 1. The lowest BCUT2D eigenvalue weighted by Gasteiger charge is -2.39. The number of amides is 2. The van der Waals surface area contributed by atoms with Gasteiger partial charge in [-0.25, -0.2) is 4.98 Å². The summed E-state index contributed by atoms with van der Waals surface area (Å²) in [5.74, 6) is -0.453. The molecular weight excluding hydrogens is 556 g/mol. The molecule has 2 saturated heterocycles. The molecule has 1 aromatic carbocycles. The van der Waals surface area contributed by atoms with Gasteiger partial charge in [0, 0.05) is 46.3 Å². The second-order valence-electron chi connectivity index (χ2n) is 12.1. The molecule has 0 bridgehead atoms. The molecule has 2 aliphatic heterocycles. The summed E-state index contributed by atoms with van der Waals surface area (Å²) < 4.78 is 10.9. The van der Waals surface area contributed by atoms with Gasteiger partial charge in [-0.3, -0.25) is 19.9 Å². The van der Waals surface area contributed by atoms with Crippen LogP contribution in [0.3, 0.4) is 0 Å². The van der Waals surface area contributed by atoms with Gasteiger partial charge in [0.05, 0.1) is 41.4 Å². The molecule has 2 aliphatic rings. The van der Waals surface area contributed by atoms with E-state index in [1.807, 2.05) is 57.5 Å². The third kappa shape index (κ3) is 7.93. The summed E-state index contributed by atoms with van der Waals surface area (Å²) in [6.45, 7) is 11.2. The maximum Gasteiger partial charge on any atom is 0.251 e. The van der Waals surface area contributed by atoms with Crippen LogP contribution in [0.1, 0.15) is 38.4 Å². The Bertz CT molecular complexity index is 1230. The number of benzene rings is 1. The molecule has 0 unspecified atom stereocenters. The summed E-state index contributed by atoms with van der Waals surface area (Å²) >= 11 is 1.59. The number of rotatable bonds is 10. The van der Waals surface area contributed by atoms with Gasteiger partial charge in [-0.2, -0.15) is 0 Å². The number of carbonyl (C=O) groups excluding carboxylic acids is 2. The Morgan fingerprint density at radius 1 is 1.24 bits per heavy atom. The lowest BCUT2D eigenvalue weighted by molar-refractivity contribution is -0.139. The Morgan fingerprint density at radius 2 is 1.98 bits per heavy atom. The molecule has 230 valence electrons. The zero-order valence-corrected chi connectivity index (χ0v) is 26.0. The molecule has 1 aromatic heterocycles. The molecule has 0 spiro atoms. The van der Waals surface area contributed by atoms with Crippen molar-refractivity contribution in [1.29, 1.82) is 5.41 Å². The third-order valence-electron chi connectivity index (χ3n) is 7.80. The minimum Gasteiger partial charge on any atom is -0.391 e. The lowest BCUT2D eigenvalue weighted by Crippen LogP contribution is -2.60. The molecule has 4 atom stereocenters. The Morgan fingerprint density at radius 3 is 2.62 bits per heavy atom. The van der Waals surface area contributed by atoms with E-state index in [-0.39, 0.29) is 30.6 Å². The smallest absolute Gasteiger partial charge is 0.251 e. The number of aromatic nitrogens is 1. The van der Waals surface area contributed by atoms with Crippen LogP contribution in [0.2, 0.25) is 0 Å². The maximum absolute atomic E-state index is 13.4. The number of methoxy groups -OCH3 is 1. The fraction of sp³-hybridized carbons (Fsp3) is 0.600. The third-order valence-corrected chi connectivity index (χ3v) is 8.78. The number of hydrogen-bond donors (Lipinski definition) is 4. The number of likely N-dealkylation sites (tertiary alicyclic amines) is 1. The molecule has 2 fully saturated rings. The summed E-state index contributed by atoms with van der Waals surface area (Å²) in [6.07, 6.45) is -1.21. The van der Waals surface area contributed by atoms with Crippen LogP contribution in [0.25, 0.3) is 10.4 Å². The van der Waals surface area contributed by atoms with E-state index in [2.05, 4.69) is 20.5 Å². The van der Waals surface area contributed by atoms with Crippen LogP contribution in [0, 0.1) is 17.7 Å². The van der Waals surface area contributed by atoms with E-state index in [4.69, 9.17) is 14.9 Å². The highest BCUT2D eigenvalue weighted by molar-refractivity contribution is 7.13. The van der Waals surface area contributed by atoms with Gasteiger partial charge in [-0.1, -0.05) is 45.0 Å². The van der Waals surface area contributed by atoms with Gasteiger partial charge < -0.3 is 30.1 Å². The van der Waals surface area contributed by atoms with E-state index in [1.165, 1.54) is 0 Å². The van der Waals surface area contributed by atoms with Gasteiger partial charge in [0.15, 0.2) is 0 Å². The number of nitrogens with zero attached hydrogens (tertiary/aromatic N) is 3. The topological polar surface area (TPSA) is 140 Å². The highest BCUT2D eigenvalue weighted by Crippen LogP contribution is 2.28. The summed E-state index contributed by atoms with van der Waals surface area (Å²) in [6, 6.07) is 6.59. The summed E-state index contributed by atoms with van der Waals surface area (Å²) in [7, 11) is 1.65. The van der Waals surface area contributed by atoms with Crippen LogP contribution in [0.5, 0.6) is 0 Å². The van der Waals surface area contributed by atoms with Crippen LogP contribution < -0.4 is 10.6 Å². The van der Waals surface area contributed by atoms with Gasteiger partial charge in [0.25, 0.3) is 5.91 Å². The number of amidine groups is 1. The molecule has 12 heteroatoms. The summed E-state index contributed by atoms with van der Waals surface area (Å²) in [5.41, 5.74) is 4.32. The van der Waals surface area contributed by atoms with E-state index in [9.17, 15) is 14.7 Å². The molecule has 4 N–H and O–H groups in total. The Labute approximate surface area is 252 Å². The van der Waals surface area contributed by atoms with Crippen LogP contribution in [-0.2, 0) is 25.6 Å². The molecule has 2 amide bonds. The number of aliphatic hydroxyl groups is 1. The second kappa shape index (κ2) is 14.0. The molecule has 11 nitrogen and oxygen atoms in total. The molecule has 0 aliphatic carbocycles. The first-order valence-corrected chi connectivity index (χ1v) is 15.3. The van der Waals surface area contributed by atoms with Crippen molar-refractivity contribution in [3.05, 3.63) is 41.0 Å². The van der Waals surface area contributed by atoms with E-state index < -0.39 is 29.7 Å². The van der Waals surface area contributed by atoms with Crippen molar-refractivity contribution in [2.45, 2.75) is 65.0 Å². The first-order chi connectivity index (χ1) is 20.0. The average molecular weight is 601 g/mol. The van der Waals surface area contributed by atoms with Crippen molar-refractivity contribution in [2.75, 3.05) is 46.5 Å². The average Bonchev–Trinajstić information content (AvgIpc) is 3.58. The molecule has 4 rings (SSSR count). The molecule has 2 aromatic rings. The van der Waals surface area contributed by atoms with Gasteiger partial charge in [-0.05, 0) is 23.5 Å². The summed E-state index contributed by atoms with van der Waals surface area (Å²) in [5, 5.41) is 25.6. The number of morpholine rings is 1. The highest BCUT2D eigenvalue weighted by atomic mass is 32.1. The van der Waals surface area contributed by atoms with Gasteiger partial charge in [-0.15, -0.1) is 11.3 Å². The fourth-order valence-corrected chi connectivity index (χ4v) is 6.18. The molecule has 3 heterocycles. The van der Waals surface area contributed by atoms with E-state index >= 15 is 0 Å². The number of β-amino-alcohol motifs (C(OH)–C–C–N with tert-alkyl or cyclic N) is 1. The number of aryl methyl sites for hydroxylation is 1. The predicted octanol–water partition coefficient (Wildman–Crippen LogP) is 2.03. The van der Waals surface area contributed by atoms with Crippen LogP contribution in [-0.4, -0.2) is 108 Å². The van der Waals surface area contributed by atoms with Gasteiger partial charge >= 0.3 is 0 Å². The zero-order chi connectivity index (χ0) is 30.4. The van der Waals surface area contributed by atoms with E-state index in [0.29, 0.717) is 32.8 Å². The Kier molecular flexibility index (Phi) is 10.7. The normalized spacial score (nSPS) is 22.1. The standard InChI is InChI=1S/C30H44N6O5S/c1-19-25(42-18-33-19)21-8-6-20(7-9-21)15-32-28(38)23-14-22(37)16-36(23)27(31)26(30(2,3)4)34-29(39)24-17-35(10-12-40-5)11-13-41-24/h6-9,18,22-24,26,31,37H,10-17H2,1-5H3,(H,32,38)(H,34,39)/t22-,23+,24+,26-/m1/s1. The molecule has 0 saturated carbocycles. The van der Waals surface area contributed by atoms with Gasteiger partial charge in [0.1, 0.15) is 18.0 Å². The van der Waals surface area contributed by atoms with Crippen molar-refractivity contribution < 1.29 is 24.2 Å². The monoisotopic (exact) mass is 600 g/mol. The number of nitrogens with one attached hydrogen (secondary N) is 3. The SMILES string of the molecule is COCCN1CCO[C@H](C(=O)N[C@H](C(=N)N2C[C@H](O)C[C@H]2C(=O)NCc2ccc(-c3scnc3C)cc2)C(C)(C)C)C1. The Hall–Kier alpha value is -2.90. The first kappa shape index (κ1) is 32.0. The quantitative estimate of drug-likeness (QED) is 0.240. The highest BCUT2D eigenvalue weighted by Gasteiger charge is 2.43. The maximum atomic E-state index is 13.4. The zero-order valence-electron chi connectivity index (χ0n) is 25.2. The molecule has 42 heavy (non-hydrogen) atoms. The van der Waals surface area contributed by atoms with Crippen molar-refractivity contribution in [2.24, 2.45) is 5.41 Å². The van der Waals surface area contributed by atoms with E-state index in [1.54, 1.807) is 23.3 Å². The minimum absolute atomic E-state index is 0.101. The van der Waals surface area contributed by atoms with Crippen LogP contribution >= 0.6 is 11.3 Å².